The van der Waals surface area contributed by atoms with E-state index in [1.54, 1.807) is 0 Å². The minimum absolute atomic E-state index is 0.0692. The lowest BCUT2D eigenvalue weighted by Crippen LogP contribution is -2.31. The minimum atomic E-state index is -0.444. The molecule has 5 heteroatoms. The molecule has 11 rings (SSSR count). The topological polar surface area (TPSA) is 35.9 Å². The highest BCUT2D eigenvalue weighted by molar-refractivity contribution is 6.09. The highest BCUT2D eigenvalue weighted by atomic mass is 16.5. The molecule has 3 heterocycles. The Bertz CT molecular complexity index is 4210. The van der Waals surface area contributed by atoms with E-state index in [-0.39, 0.29) is 39.3 Å². The fraction of sp³-hybridized carbons (Fsp3) is 0.229. The van der Waals surface area contributed by atoms with Crippen molar-refractivity contribution >= 4 is 32.8 Å². The Balaban J connectivity index is 1.15. The fourth-order valence-electron chi connectivity index (χ4n) is 10.2. The molecule has 0 saturated heterocycles. The molecule has 0 aliphatic heterocycles. The van der Waals surface area contributed by atoms with Crippen LogP contribution in [0.1, 0.15) is 112 Å². The maximum atomic E-state index is 9.33. The third kappa shape index (κ3) is 9.46. The Morgan fingerprint density at radius 3 is 1.81 bits per heavy atom. The number of ether oxygens (including phenoxy) is 1. The van der Waals surface area contributed by atoms with Crippen molar-refractivity contribution in [2.75, 3.05) is 0 Å². The van der Waals surface area contributed by atoms with Crippen molar-refractivity contribution in [3.63, 3.8) is 0 Å². The van der Waals surface area contributed by atoms with Gasteiger partial charge in [0.05, 0.1) is 40.3 Å². The molecule has 75 heavy (non-hydrogen) atoms. The van der Waals surface area contributed by atoms with Gasteiger partial charge in [-0.2, -0.15) is 0 Å². The summed E-state index contributed by atoms with van der Waals surface area (Å²) >= 11 is 0. The first-order valence-corrected chi connectivity index (χ1v) is 26.0. The van der Waals surface area contributed by atoms with Gasteiger partial charge in [0.25, 0.3) is 6.33 Å². The van der Waals surface area contributed by atoms with Crippen molar-refractivity contribution in [3.05, 3.63) is 223 Å². The van der Waals surface area contributed by atoms with E-state index in [2.05, 4.69) is 203 Å². The summed E-state index contributed by atoms with van der Waals surface area (Å²) in [5.41, 5.74) is 13.8. The van der Waals surface area contributed by atoms with Gasteiger partial charge in [0.15, 0.2) is 0 Å². The summed E-state index contributed by atoms with van der Waals surface area (Å²) in [6.07, 6.45) is 5.69. The van der Waals surface area contributed by atoms with Crippen molar-refractivity contribution in [3.8, 4) is 62.1 Å². The molecular formula is C70H68N4O. The largest absolute Gasteiger partial charge is 0.458 e. The normalized spacial score (nSPS) is 13.5. The second-order valence-corrected chi connectivity index (χ2v) is 24.1. The third-order valence-electron chi connectivity index (χ3n) is 14.5. The molecule has 11 aromatic rings. The maximum Gasteiger partial charge on any atom is 0.269 e. The quantitative estimate of drug-likeness (QED) is 0.112. The molecule has 0 bridgehead atoms. The molecule has 0 N–H and O–H groups in total. The number of imidazole rings is 1. The standard InChI is InChI=1S/C70H68N4O/c1-67(2,3)50-24-18-23-48(37-50)58-29-20-28-57(46-21-14-13-15-22-46)66(58)73-45-72(64-40-47(31-34-62(64)73)49-38-52(69(7,8)9)41-53(39-49)70(10,11)12)54-25-19-26-55(43-54)75-56-32-33-60-59-27-16-17-30-61(59)74(63(60)44-56)65-42-51(35-36-71-65)68(4,5)6/h13-44H,1-12H3/i13D,14D,15D,21D,22D. The van der Waals surface area contributed by atoms with Gasteiger partial charge in [-0.3, -0.25) is 13.7 Å². The summed E-state index contributed by atoms with van der Waals surface area (Å²) in [7, 11) is 0. The second-order valence-electron chi connectivity index (χ2n) is 24.1. The monoisotopic (exact) mass is 986 g/mol. The Morgan fingerprint density at radius 2 is 1.09 bits per heavy atom. The second kappa shape index (κ2) is 18.4. The van der Waals surface area contributed by atoms with Gasteiger partial charge in [-0.1, -0.05) is 210 Å². The minimum Gasteiger partial charge on any atom is -0.458 e. The first-order valence-electron chi connectivity index (χ1n) is 28.5. The summed E-state index contributed by atoms with van der Waals surface area (Å²) in [5, 5.41) is 2.22. The number of benzene rings is 8. The lowest BCUT2D eigenvalue weighted by molar-refractivity contribution is -0.571. The molecule has 3 aromatic heterocycles. The van der Waals surface area contributed by atoms with Crippen molar-refractivity contribution in [1.29, 1.82) is 0 Å². The van der Waals surface area contributed by atoms with Crippen LogP contribution in [0.2, 0.25) is 0 Å². The van der Waals surface area contributed by atoms with Gasteiger partial charge in [-0.15, -0.1) is 0 Å². The first-order chi connectivity index (χ1) is 37.8. The summed E-state index contributed by atoms with van der Waals surface area (Å²) in [6.45, 7) is 26.7. The van der Waals surface area contributed by atoms with Crippen molar-refractivity contribution in [2.24, 2.45) is 0 Å². The molecule has 0 atom stereocenters. The first kappa shape index (κ1) is 43.4. The van der Waals surface area contributed by atoms with E-state index in [9.17, 15) is 2.74 Å². The zero-order chi connectivity index (χ0) is 57.0. The van der Waals surface area contributed by atoms with Gasteiger partial charge < -0.3 is 4.74 Å². The third-order valence-corrected chi connectivity index (χ3v) is 14.5. The number of rotatable bonds is 8. The van der Waals surface area contributed by atoms with Gasteiger partial charge in [-0.25, -0.2) is 4.98 Å². The van der Waals surface area contributed by atoms with Crippen LogP contribution in [0.4, 0.5) is 0 Å². The van der Waals surface area contributed by atoms with Crippen molar-refractivity contribution in [2.45, 2.75) is 105 Å². The average Bonchev–Trinajstić information content (AvgIpc) is 4.19. The molecule has 0 aliphatic rings. The van der Waals surface area contributed by atoms with E-state index in [0.717, 1.165) is 72.2 Å². The van der Waals surface area contributed by atoms with Crippen LogP contribution in [-0.2, 0) is 21.7 Å². The van der Waals surface area contributed by atoms with Crippen LogP contribution in [-0.4, -0.2) is 14.1 Å². The molecule has 5 nitrogen and oxygen atoms in total. The predicted octanol–water partition coefficient (Wildman–Crippen LogP) is 18.2. The Kier molecular flexibility index (Phi) is 10.7. The Morgan fingerprint density at radius 1 is 0.467 bits per heavy atom. The number of nitrogens with zero attached hydrogens (tertiary/aromatic N) is 4. The Hall–Kier alpha value is -8.02. The van der Waals surface area contributed by atoms with Gasteiger partial charge in [0.2, 0.25) is 0 Å². The van der Waals surface area contributed by atoms with E-state index >= 15 is 0 Å². The molecule has 374 valence electrons. The van der Waals surface area contributed by atoms with Crippen molar-refractivity contribution in [1.82, 2.24) is 14.1 Å². The van der Waals surface area contributed by atoms with E-state index < -0.39 is 18.1 Å². The highest BCUT2D eigenvalue weighted by Crippen LogP contribution is 2.40. The average molecular weight is 986 g/mol. The zero-order valence-electron chi connectivity index (χ0n) is 50.3. The fourth-order valence-corrected chi connectivity index (χ4v) is 10.2. The number of hydrogen-bond acceptors (Lipinski definition) is 2. The van der Waals surface area contributed by atoms with E-state index in [1.807, 2.05) is 63.9 Å². The summed E-state index contributed by atoms with van der Waals surface area (Å²) < 4.78 is 58.1. The molecule has 0 amide bonds. The summed E-state index contributed by atoms with van der Waals surface area (Å²) in [4.78, 5) is 4.91. The number of hydrogen-bond donors (Lipinski definition) is 0. The molecule has 0 radical (unpaired) electrons. The molecule has 0 saturated carbocycles. The van der Waals surface area contributed by atoms with Crippen LogP contribution in [0.3, 0.4) is 0 Å². The lowest BCUT2D eigenvalue weighted by Gasteiger charge is -2.26. The zero-order valence-corrected chi connectivity index (χ0v) is 45.3. The van der Waals surface area contributed by atoms with Gasteiger partial charge in [0.1, 0.15) is 17.3 Å². The van der Waals surface area contributed by atoms with Crippen LogP contribution < -0.4 is 9.30 Å². The number of fused-ring (bicyclic) bond motifs is 4. The molecule has 8 aromatic carbocycles. The smallest absolute Gasteiger partial charge is 0.269 e. The van der Waals surface area contributed by atoms with Crippen molar-refractivity contribution < 1.29 is 16.2 Å². The molecule has 0 unspecified atom stereocenters. The lowest BCUT2D eigenvalue weighted by atomic mass is 9.79. The number of aromatic nitrogens is 4. The van der Waals surface area contributed by atoms with E-state index in [4.69, 9.17) is 13.8 Å². The van der Waals surface area contributed by atoms with E-state index in [1.165, 1.54) is 16.7 Å². The van der Waals surface area contributed by atoms with Gasteiger partial charge in [-0.05, 0) is 132 Å². The highest BCUT2D eigenvalue weighted by Gasteiger charge is 2.25. The molecule has 0 aliphatic carbocycles. The SMILES string of the molecule is [2H]c1c([2H])c([2H])c(-c2cccc(-c3cccc(C(C)(C)C)c3)c2-[n+]2[c-]n(-c3cccc(Oc4ccc5c6ccccc6n(-c6cc(C(C)(C)C)ccn6)c5c4)c3)c3cc(-c4cc(C(C)(C)C)cc(C(C)(C)C)c4)ccc32)c([2H])c1[2H]. The van der Waals surface area contributed by atoms with Gasteiger partial charge >= 0.3 is 0 Å². The molecular weight excluding hydrogens is 913 g/mol. The predicted molar refractivity (Wildman–Crippen MR) is 313 cm³/mol. The van der Waals surface area contributed by atoms with Crippen LogP contribution in [0.15, 0.2) is 194 Å². The van der Waals surface area contributed by atoms with Crippen LogP contribution in [0.5, 0.6) is 11.5 Å². The van der Waals surface area contributed by atoms with E-state index in [0.29, 0.717) is 22.7 Å². The summed E-state index contributed by atoms with van der Waals surface area (Å²) in [6, 6.07) is 52.8. The van der Waals surface area contributed by atoms with Crippen LogP contribution >= 0.6 is 0 Å². The van der Waals surface area contributed by atoms with Crippen LogP contribution in [0, 0.1) is 6.33 Å². The van der Waals surface area contributed by atoms with Gasteiger partial charge in [0, 0.05) is 23.0 Å². The number of para-hydroxylation sites is 2. The summed E-state index contributed by atoms with van der Waals surface area (Å²) in [5.74, 6) is 2.11. The number of pyridine rings is 1. The molecule has 0 fully saturated rings. The Labute approximate surface area is 450 Å². The molecule has 0 spiro atoms. The maximum absolute atomic E-state index is 9.33. The van der Waals surface area contributed by atoms with Crippen LogP contribution in [0.25, 0.3) is 83.4 Å².